The lowest BCUT2D eigenvalue weighted by Gasteiger charge is -2.01. The summed E-state index contributed by atoms with van der Waals surface area (Å²) in [4.78, 5) is 4.34. The van der Waals surface area contributed by atoms with Crippen molar-refractivity contribution in [3.63, 3.8) is 0 Å². The van der Waals surface area contributed by atoms with E-state index in [9.17, 15) is 0 Å². The van der Waals surface area contributed by atoms with Crippen LogP contribution in [0.5, 0.6) is 0 Å². The molecule has 0 radical (unpaired) electrons. The lowest BCUT2D eigenvalue weighted by molar-refractivity contribution is 1.28. The second-order valence-corrected chi connectivity index (χ2v) is 3.58. The van der Waals surface area contributed by atoms with E-state index in [1.807, 2.05) is 40.0 Å². The summed E-state index contributed by atoms with van der Waals surface area (Å²) in [6, 6.07) is 12.6. The van der Waals surface area contributed by atoms with Gasteiger partial charge in [-0.3, -0.25) is 4.98 Å². The Morgan fingerprint density at radius 3 is 1.78 bits per heavy atom. The highest BCUT2D eigenvalue weighted by atomic mass is 14.7. The zero-order valence-corrected chi connectivity index (χ0v) is 12.5. The molecule has 0 N–H and O–H groups in total. The molecule has 18 heavy (non-hydrogen) atoms. The topological polar surface area (TPSA) is 12.9 Å². The summed E-state index contributed by atoms with van der Waals surface area (Å²) in [5.41, 5.74) is 4.75. The molecule has 0 saturated carbocycles. The van der Waals surface area contributed by atoms with Gasteiger partial charge in [-0.05, 0) is 31.5 Å². The highest BCUT2D eigenvalue weighted by molar-refractivity contribution is 5.59. The quantitative estimate of drug-likeness (QED) is 0.652. The molecule has 0 unspecified atom stereocenters. The van der Waals surface area contributed by atoms with Crippen molar-refractivity contribution in [2.45, 2.75) is 41.5 Å². The van der Waals surface area contributed by atoms with E-state index in [-0.39, 0.29) is 0 Å². The Bertz CT molecular complexity index is 430. The maximum absolute atomic E-state index is 4.34. The molecule has 0 aliphatic heterocycles. The minimum Gasteiger partial charge on any atom is -0.256 e. The van der Waals surface area contributed by atoms with Crippen molar-refractivity contribution in [3.05, 3.63) is 53.7 Å². The Morgan fingerprint density at radius 1 is 0.722 bits per heavy atom. The molecule has 0 aliphatic rings. The normalized spacial score (nSPS) is 8.56. The molecular weight excluding hydrogens is 218 g/mol. The Hall–Kier alpha value is -1.63. The largest absolute Gasteiger partial charge is 0.256 e. The fraction of sp³-hybridized carbons (Fsp3) is 0.353. The van der Waals surface area contributed by atoms with E-state index < -0.39 is 0 Å². The first-order valence-corrected chi connectivity index (χ1v) is 6.75. The van der Waals surface area contributed by atoms with Crippen LogP contribution in [0.25, 0.3) is 11.3 Å². The third kappa shape index (κ3) is 5.13. The number of aryl methyl sites for hydroxylation is 2. The standard InChI is InChI=1S/C13H13N.2C2H6/c1-10-3-5-12(6-4-10)13-9-11(2)7-8-14-13;2*1-2/h3-9H,1-2H3;2*1-2H3. The lowest BCUT2D eigenvalue weighted by Crippen LogP contribution is -1.84. The Morgan fingerprint density at radius 2 is 1.28 bits per heavy atom. The van der Waals surface area contributed by atoms with Crippen LogP contribution >= 0.6 is 0 Å². The molecule has 0 fully saturated rings. The van der Waals surface area contributed by atoms with Crippen molar-refractivity contribution < 1.29 is 0 Å². The minimum atomic E-state index is 1.05. The van der Waals surface area contributed by atoms with Crippen LogP contribution in [0.2, 0.25) is 0 Å². The summed E-state index contributed by atoms with van der Waals surface area (Å²) in [6.07, 6.45) is 1.85. The van der Waals surface area contributed by atoms with E-state index in [0.29, 0.717) is 0 Å². The van der Waals surface area contributed by atoms with Gasteiger partial charge in [0.25, 0.3) is 0 Å². The smallest absolute Gasteiger partial charge is 0.0704 e. The number of nitrogens with zero attached hydrogens (tertiary/aromatic N) is 1. The van der Waals surface area contributed by atoms with Crippen molar-refractivity contribution in [1.29, 1.82) is 0 Å². The van der Waals surface area contributed by atoms with Gasteiger partial charge >= 0.3 is 0 Å². The fourth-order valence-electron chi connectivity index (χ4n) is 1.42. The van der Waals surface area contributed by atoms with Crippen molar-refractivity contribution in [3.8, 4) is 11.3 Å². The molecule has 1 nitrogen and oxygen atoms in total. The molecule has 1 heterocycles. The Kier molecular flexibility index (Phi) is 8.55. The number of rotatable bonds is 1. The molecule has 0 spiro atoms. The van der Waals surface area contributed by atoms with Gasteiger partial charge in [-0.2, -0.15) is 0 Å². The summed E-state index contributed by atoms with van der Waals surface area (Å²) in [7, 11) is 0. The van der Waals surface area contributed by atoms with Gasteiger partial charge < -0.3 is 0 Å². The Balaban J connectivity index is 0.000000659. The van der Waals surface area contributed by atoms with Gasteiger partial charge in [0, 0.05) is 11.8 Å². The molecule has 1 heteroatoms. The molecule has 0 aliphatic carbocycles. The van der Waals surface area contributed by atoms with Crippen LogP contribution in [0.15, 0.2) is 42.6 Å². The Labute approximate surface area is 112 Å². The van der Waals surface area contributed by atoms with Gasteiger partial charge in [0.05, 0.1) is 5.69 Å². The van der Waals surface area contributed by atoms with Crippen LogP contribution in [-0.2, 0) is 0 Å². The molecular formula is C17H25N. The third-order valence-electron chi connectivity index (χ3n) is 2.26. The van der Waals surface area contributed by atoms with Crippen molar-refractivity contribution >= 4 is 0 Å². The molecule has 1 aromatic carbocycles. The molecule has 0 atom stereocenters. The average Bonchev–Trinajstić information content (AvgIpc) is 2.44. The predicted molar refractivity (Wildman–Crippen MR) is 81.8 cm³/mol. The number of hydrogen-bond donors (Lipinski definition) is 0. The molecule has 2 rings (SSSR count). The highest BCUT2D eigenvalue weighted by Gasteiger charge is 1.97. The van der Waals surface area contributed by atoms with E-state index in [0.717, 1.165) is 5.69 Å². The molecule has 0 saturated heterocycles. The zero-order valence-electron chi connectivity index (χ0n) is 12.5. The molecule has 0 bridgehead atoms. The van der Waals surface area contributed by atoms with Gasteiger partial charge in [-0.1, -0.05) is 57.5 Å². The average molecular weight is 243 g/mol. The summed E-state index contributed by atoms with van der Waals surface area (Å²) in [5, 5.41) is 0. The van der Waals surface area contributed by atoms with E-state index >= 15 is 0 Å². The van der Waals surface area contributed by atoms with E-state index in [4.69, 9.17) is 0 Å². The van der Waals surface area contributed by atoms with Gasteiger partial charge in [0.2, 0.25) is 0 Å². The predicted octanol–water partition coefficient (Wildman–Crippen LogP) is 5.42. The second kappa shape index (κ2) is 9.41. The zero-order chi connectivity index (χ0) is 14.0. The minimum absolute atomic E-state index is 1.05. The van der Waals surface area contributed by atoms with Crippen LogP contribution in [0.3, 0.4) is 0 Å². The number of aromatic nitrogens is 1. The first-order valence-electron chi connectivity index (χ1n) is 6.75. The van der Waals surface area contributed by atoms with Crippen LogP contribution in [-0.4, -0.2) is 4.98 Å². The first-order chi connectivity index (χ1) is 8.75. The van der Waals surface area contributed by atoms with Crippen molar-refractivity contribution in [1.82, 2.24) is 4.98 Å². The molecule has 1 aromatic heterocycles. The fourth-order valence-corrected chi connectivity index (χ4v) is 1.42. The van der Waals surface area contributed by atoms with Crippen LogP contribution in [0, 0.1) is 13.8 Å². The maximum Gasteiger partial charge on any atom is 0.0704 e. The lowest BCUT2D eigenvalue weighted by atomic mass is 10.1. The van der Waals surface area contributed by atoms with Crippen molar-refractivity contribution in [2.24, 2.45) is 0 Å². The monoisotopic (exact) mass is 243 g/mol. The van der Waals surface area contributed by atoms with E-state index in [2.05, 4.69) is 49.2 Å². The first kappa shape index (κ1) is 16.4. The summed E-state index contributed by atoms with van der Waals surface area (Å²) in [5.74, 6) is 0. The molecule has 2 aromatic rings. The number of pyridine rings is 1. The van der Waals surface area contributed by atoms with Gasteiger partial charge in [-0.15, -0.1) is 0 Å². The number of benzene rings is 1. The number of hydrogen-bond acceptors (Lipinski definition) is 1. The van der Waals surface area contributed by atoms with Crippen LogP contribution < -0.4 is 0 Å². The third-order valence-corrected chi connectivity index (χ3v) is 2.26. The maximum atomic E-state index is 4.34. The van der Waals surface area contributed by atoms with E-state index in [1.165, 1.54) is 16.7 Å². The van der Waals surface area contributed by atoms with Gasteiger partial charge in [-0.25, -0.2) is 0 Å². The van der Waals surface area contributed by atoms with Crippen molar-refractivity contribution in [2.75, 3.05) is 0 Å². The molecule has 0 amide bonds. The van der Waals surface area contributed by atoms with E-state index in [1.54, 1.807) is 0 Å². The van der Waals surface area contributed by atoms with Crippen LogP contribution in [0.4, 0.5) is 0 Å². The second-order valence-electron chi connectivity index (χ2n) is 3.58. The van der Waals surface area contributed by atoms with Gasteiger partial charge in [0.1, 0.15) is 0 Å². The summed E-state index contributed by atoms with van der Waals surface area (Å²) < 4.78 is 0. The van der Waals surface area contributed by atoms with Crippen LogP contribution in [0.1, 0.15) is 38.8 Å². The molecule has 98 valence electrons. The summed E-state index contributed by atoms with van der Waals surface area (Å²) in [6.45, 7) is 12.2. The summed E-state index contributed by atoms with van der Waals surface area (Å²) >= 11 is 0. The van der Waals surface area contributed by atoms with Gasteiger partial charge in [0.15, 0.2) is 0 Å². The SMILES string of the molecule is CC.CC.Cc1ccc(-c2cc(C)ccn2)cc1. The highest BCUT2D eigenvalue weighted by Crippen LogP contribution is 2.17.